The zero-order valence-corrected chi connectivity index (χ0v) is 19.4. The Bertz CT molecular complexity index is 995. The topological polar surface area (TPSA) is 67.9 Å². The zero-order chi connectivity index (χ0) is 21.9. The molecular weight excluding hydrogens is 400 g/mol. The maximum atomic E-state index is 12.8. The Hall–Kier alpha value is -2.09. The molecule has 30 heavy (non-hydrogen) atoms. The molecule has 0 bridgehead atoms. The van der Waals surface area contributed by atoms with Crippen molar-refractivity contribution in [2.24, 2.45) is 0 Å². The lowest BCUT2D eigenvalue weighted by atomic mass is 9.98. The van der Waals surface area contributed by atoms with Crippen LogP contribution >= 0.6 is 0 Å². The fourth-order valence-corrected chi connectivity index (χ4v) is 5.83. The minimum atomic E-state index is -3.51. The number of hydrogen-bond donors (Lipinski definition) is 1. The smallest absolute Gasteiger partial charge is 0.241 e. The van der Waals surface area contributed by atoms with Crippen LogP contribution in [0, 0.1) is 20.8 Å². The van der Waals surface area contributed by atoms with E-state index in [0.29, 0.717) is 11.4 Å². The van der Waals surface area contributed by atoms with Gasteiger partial charge in [0.05, 0.1) is 19.1 Å². The Morgan fingerprint density at radius 3 is 2.17 bits per heavy atom. The van der Waals surface area contributed by atoms with E-state index in [1.165, 1.54) is 11.1 Å². The number of methoxy groups -OCH3 is 2. The Balaban J connectivity index is 1.57. The van der Waals surface area contributed by atoms with Crippen molar-refractivity contribution in [1.29, 1.82) is 0 Å². The minimum absolute atomic E-state index is 0.404. The van der Waals surface area contributed by atoms with Crippen LogP contribution in [-0.2, 0) is 23.0 Å². The number of ether oxygens (including phenoxy) is 2. The van der Waals surface area contributed by atoms with E-state index in [9.17, 15) is 8.42 Å². The standard InChI is InChI=1S/C23H32N2O4S/c1-16-11-17(2)23(18(3)12-16)30(26,27)24-8-6-9-25-10-7-19-13-21(28-4)22(29-5)14-20(19)15-25/h11-14,24H,6-10,15H2,1-5H3. The van der Waals surface area contributed by atoms with E-state index in [4.69, 9.17) is 9.47 Å². The molecule has 0 unspecified atom stereocenters. The summed E-state index contributed by atoms with van der Waals surface area (Å²) in [5.74, 6) is 1.51. The van der Waals surface area contributed by atoms with Crippen LogP contribution in [0.2, 0.25) is 0 Å². The first kappa shape index (κ1) is 22.6. The highest BCUT2D eigenvalue weighted by Gasteiger charge is 2.21. The molecule has 0 atom stereocenters. The van der Waals surface area contributed by atoms with E-state index < -0.39 is 10.0 Å². The van der Waals surface area contributed by atoms with E-state index in [-0.39, 0.29) is 0 Å². The summed E-state index contributed by atoms with van der Waals surface area (Å²) in [4.78, 5) is 2.76. The number of sulfonamides is 1. The highest BCUT2D eigenvalue weighted by Crippen LogP contribution is 2.33. The van der Waals surface area contributed by atoms with Gasteiger partial charge in [0.15, 0.2) is 11.5 Å². The average molecular weight is 433 g/mol. The third kappa shape index (κ3) is 4.96. The summed E-state index contributed by atoms with van der Waals surface area (Å²) in [5, 5.41) is 0. The van der Waals surface area contributed by atoms with Gasteiger partial charge in [-0.1, -0.05) is 17.7 Å². The molecule has 6 nitrogen and oxygen atoms in total. The molecule has 1 N–H and O–H groups in total. The van der Waals surface area contributed by atoms with Gasteiger partial charge in [0.2, 0.25) is 10.0 Å². The summed E-state index contributed by atoms with van der Waals surface area (Å²) in [6, 6.07) is 7.93. The maximum absolute atomic E-state index is 12.8. The Morgan fingerprint density at radius 2 is 1.57 bits per heavy atom. The van der Waals surface area contributed by atoms with Gasteiger partial charge < -0.3 is 9.47 Å². The number of hydrogen-bond acceptors (Lipinski definition) is 5. The number of benzene rings is 2. The van der Waals surface area contributed by atoms with Gasteiger partial charge in [0.25, 0.3) is 0 Å². The lowest BCUT2D eigenvalue weighted by Gasteiger charge is -2.29. The first-order valence-corrected chi connectivity index (χ1v) is 11.8. The van der Waals surface area contributed by atoms with Crippen molar-refractivity contribution in [1.82, 2.24) is 9.62 Å². The van der Waals surface area contributed by atoms with Crippen LogP contribution in [0.3, 0.4) is 0 Å². The summed E-state index contributed by atoms with van der Waals surface area (Å²) in [6.45, 7) is 8.72. The van der Waals surface area contributed by atoms with Crippen molar-refractivity contribution in [3.05, 3.63) is 52.1 Å². The number of fused-ring (bicyclic) bond motifs is 1. The van der Waals surface area contributed by atoms with Gasteiger partial charge in [-0.25, -0.2) is 13.1 Å². The molecule has 1 heterocycles. The minimum Gasteiger partial charge on any atom is -0.493 e. The van der Waals surface area contributed by atoms with Crippen LogP contribution < -0.4 is 14.2 Å². The molecule has 7 heteroatoms. The first-order valence-electron chi connectivity index (χ1n) is 10.3. The molecule has 0 amide bonds. The summed E-state index contributed by atoms with van der Waals surface area (Å²) in [5.41, 5.74) is 5.18. The second kappa shape index (κ2) is 9.37. The molecule has 1 aliphatic heterocycles. The van der Waals surface area contributed by atoms with Crippen molar-refractivity contribution in [2.75, 3.05) is 33.9 Å². The van der Waals surface area contributed by atoms with Crippen molar-refractivity contribution < 1.29 is 17.9 Å². The second-order valence-electron chi connectivity index (χ2n) is 7.98. The number of nitrogens with one attached hydrogen (secondary N) is 1. The third-order valence-corrected chi connectivity index (χ3v) is 7.38. The van der Waals surface area contributed by atoms with Crippen LogP contribution in [0.25, 0.3) is 0 Å². The van der Waals surface area contributed by atoms with Gasteiger partial charge in [-0.3, -0.25) is 4.90 Å². The van der Waals surface area contributed by atoms with Crippen LogP contribution in [0.4, 0.5) is 0 Å². The molecule has 1 aliphatic rings. The van der Waals surface area contributed by atoms with Gasteiger partial charge in [0, 0.05) is 19.6 Å². The zero-order valence-electron chi connectivity index (χ0n) is 18.5. The summed E-state index contributed by atoms with van der Waals surface area (Å²) < 4.78 is 39.2. The SMILES string of the molecule is COc1cc2c(cc1OC)CN(CCCNS(=O)(=O)c1c(C)cc(C)cc1C)CC2. The second-order valence-corrected chi connectivity index (χ2v) is 9.69. The molecule has 0 fully saturated rings. The quantitative estimate of drug-likeness (QED) is 0.648. The Labute approximate surface area is 180 Å². The lowest BCUT2D eigenvalue weighted by molar-refractivity contribution is 0.250. The summed E-state index contributed by atoms with van der Waals surface area (Å²) in [7, 11) is -0.206. The molecule has 2 aromatic rings. The summed E-state index contributed by atoms with van der Waals surface area (Å²) >= 11 is 0. The highest BCUT2D eigenvalue weighted by atomic mass is 32.2. The van der Waals surface area contributed by atoms with Crippen molar-refractivity contribution in [3.8, 4) is 11.5 Å². The predicted molar refractivity (Wildman–Crippen MR) is 119 cm³/mol. The fraction of sp³-hybridized carbons (Fsp3) is 0.478. The first-order chi connectivity index (χ1) is 14.2. The van der Waals surface area contributed by atoms with Gasteiger partial charge >= 0.3 is 0 Å². The van der Waals surface area contributed by atoms with Crippen LogP contribution in [0.1, 0.15) is 34.2 Å². The van der Waals surface area contributed by atoms with E-state index in [0.717, 1.165) is 60.7 Å². The number of rotatable bonds is 8. The Morgan fingerprint density at radius 1 is 0.967 bits per heavy atom. The molecule has 0 radical (unpaired) electrons. The average Bonchev–Trinajstić information content (AvgIpc) is 2.69. The molecule has 0 aromatic heterocycles. The lowest BCUT2D eigenvalue weighted by Crippen LogP contribution is -2.34. The Kier molecular flexibility index (Phi) is 7.06. The third-order valence-electron chi connectivity index (χ3n) is 5.61. The van der Waals surface area contributed by atoms with E-state index in [1.54, 1.807) is 14.2 Å². The van der Waals surface area contributed by atoms with Gasteiger partial charge in [-0.05, 0) is 74.5 Å². The molecule has 0 saturated carbocycles. The van der Waals surface area contributed by atoms with Crippen molar-refractivity contribution in [2.45, 2.75) is 45.1 Å². The largest absolute Gasteiger partial charge is 0.493 e. The monoisotopic (exact) mass is 432 g/mol. The van der Waals surface area contributed by atoms with Crippen molar-refractivity contribution >= 4 is 10.0 Å². The van der Waals surface area contributed by atoms with Crippen LogP contribution in [0.5, 0.6) is 11.5 Å². The van der Waals surface area contributed by atoms with Gasteiger partial charge in [-0.15, -0.1) is 0 Å². The molecule has 2 aromatic carbocycles. The maximum Gasteiger partial charge on any atom is 0.241 e. The molecular formula is C23H32N2O4S. The van der Waals surface area contributed by atoms with Gasteiger partial charge in [0.1, 0.15) is 0 Å². The van der Waals surface area contributed by atoms with Crippen molar-refractivity contribution in [3.63, 3.8) is 0 Å². The molecule has 3 rings (SSSR count). The fourth-order valence-electron chi connectivity index (χ4n) is 4.30. The van der Waals surface area contributed by atoms with E-state index in [2.05, 4.69) is 15.7 Å². The normalized spacial score (nSPS) is 14.4. The molecule has 0 saturated heterocycles. The summed E-state index contributed by atoms with van der Waals surface area (Å²) in [6.07, 6.45) is 1.70. The van der Waals surface area contributed by atoms with Gasteiger partial charge in [-0.2, -0.15) is 0 Å². The molecule has 0 spiro atoms. The number of nitrogens with zero attached hydrogens (tertiary/aromatic N) is 1. The molecule has 0 aliphatic carbocycles. The van der Waals surface area contributed by atoms with Crippen LogP contribution in [-0.4, -0.2) is 47.2 Å². The highest BCUT2D eigenvalue weighted by molar-refractivity contribution is 7.89. The molecule has 164 valence electrons. The van der Waals surface area contributed by atoms with Crippen LogP contribution in [0.15, 0.2) is 29.2 Å². The van der Waals surface area contributed by atoms with E-state index >= 15 is 0 Å². The predicted octanol–water partition coefficient (Wildman–Crippen LogP) is 3.36. The number of aryl methyl sites for hydroxylation is 3. The van der Waals surface area contributed by atoms with E-state index in [1.807, 2.05) is 39.0 Å².